The molecule has 7 heteroatoms. The number of nitrogens with one attached hydrogen (secondary N) is 1. The number of methoxy groups -OCH3 is 2. The van der Waals surface area contributed by atoms with Gasteiger partial charge in [-0.2, -0.15) is 0 Å². The zero-order chi connectivity index (χ0) is 20.0. The molecular weight excluding hydrogens is 346 g/mol. The first-order valence-electron chi connectivity index (χ1n) is 8.97. The minimum atomic E-state index is -0.145. The lowest BCUT2D eigenvalue weighted by molar-refractivity contribution is -0.117. The molecule has 0 fully saturated rings. The molecular formula is C20H29N3O4. The average molecular weight is 375 g/mol. The van der Waals surface area contributed by atoms with Gasteiger partial charge in [-0.15, -0.1) is 0 Å². The van der Waals surface area contributed by atoms with Crippen molar-refractivity contribution in [1.29, 1.82) is 0 Å². The van der Waals surface area contributed by atoms with Crippen LogP contribution >= 0.6 is 0 Å². The quantitative estimate of drug-likeness (QED) is 0.761. The third kappa shape index (κ3) is 5.72. The largest absolute Gasteiger partial charge is 0.493 e. The number of anilines is 1. The minimum Gasteiger partial charge on any atom is -0.493 e. The van der Waals surface area contributed by atoms with Crippen LogP contribution in [0.4, 0.5) is 5.88 Å². The lowest BCUT2D eigenvalue weighted by atomic mass is 9.92. The Morgan fingerprint density at radius 2 is 1.89 bits per heavy atom. The van der Waals surface area contributed by atoms with E-state index in [1.54, 1.807) is 20.3 Å². The van der Waals surface area contributed by atoms with E-state index < -0.39 is 0 Å². The zero-order valence-corrected chi connectivity index (χ0v) is 17.0. The van der Waals surface area contributed by atoms with Crippen LogP contribution in [0.15, 0.2) is 28.8 Å². The van der Waals surface area contributed by atoms with Gasteiger partial charge >= 0.3 is 0 Å². The van der Waals surface area contributed by atoms with Gasteiger partial charge in [0, 0.05) is 18.0 Å². The van der Waals surface area contributed by atoms with Gasteiger partial charge in [0.15, 0.2) is 11.5 Å². The van der Waals surface area contributed by atoms with Crippen LogP contribution < -0.4 is 14.8 Å². The van der Waals surface area contributed by atoms with Crippen molar-refractivity contribution in [2.45, 2.75) is 39.7 Å². The van der Waals surface area contributed by atoms with Crippen molar-refractivity contribution in [2.24, 2.45) is 0 Å². The zero-order valence-electron chi connectivity index (χ0n) is 17.0. The first kappa shape index (κ1) is 20.8. The predicted molar refractivity (Wildman–Crippen MR) is 104 cm³/mol. The molecule has 0 bridgehead atoms. The number of carbonyl (C=O) groups excluding carboxylic acids is 1. The third-order valence-electron chi connectivity index (χ3n) is 4.21. The van der Waals surface area contributed by atoms with Gasteiger partial charge in [0.1, 0.15) is 0 Å². The summed E-state index contributed by atoms with van der Waals surface area (Å²) in [6.45, 7) is 9.73. The molecule has 1 amide bonds. The van der Waals surface area contributed by atoms with Crippen molar-refractivity contribution in [1.82, 2.24) is 10.1 Å². The molecule has 2 aromatic rings. The van der Waals surface area contributed by atoms with Crippen LogP contribution in [-0.4, -0.2) is 43.3 Å². The van der Waals surface area contributed by atoms with Gasteiger partial charge in [-0.1, -0.05) is 38.9 Å². The lowest BCUT2D eigenvalue weighted by Gasteiger charge is -2.20. The number of hydrogen-bond acceptors (Lipinski definition) is 6. The van der Waals surface area contributed by atoms with E-state index in [-0.39, 0.29) is 17.9 Å². The summed E-state index contributed by atoms with van der Waals surface area (Å²) in [5, 5.41) is 6.79. The Morgan fingerprint density at radius 3 is 2.44 bits per heavy atom. The highest BCUT2D eigenvalue weighted by Crippen LogP contribution is 2.28. The lowest BCUT2D eigenvalue weighted by Crippen LogP contribution is -2.32. The molecule has 0 unspecified atom stereocenters. The molecule has 0 aliphatic rings. The van der Waals surface area contributed by atoms with E-state index in [9.17, 15) is 4.79 Å². The van der Waals surface area contributed by atoms with Crippen LogP contribution in [0.5, 0.6) is 11.5 Å². The fourth-order valence-electron chi connectivity index (χ4n) is 2.58. The van der Waals surface area contributed by atoms with Crippen molar-refractivity contribution in [3.05, 3.63) is 35.5 Å². The van der Waals surface area contributed by atoms with E-state index in [0.29, 0.717) is 23.9 Å². The number of amides is 1. The maximum atomic E-state index is 12.4. The molecule has 1 heterocycles. The molecule has 27 heavy (non-hydrogen) atoms. The fourth-order valence-corrected chi connectivity index (χ4v) is 2.58. The highest BCUT2D eigenvalue weighted by molar-refractivity contribution is 5.91. The fraction of sp³-hybridized carbons (Fsp3) is 0.500. The first-order valence-corrected chi connectivity index (χ1v) is 8.97. The maximum Gasteiger partial charge on any atom is 0.240 e. The number of likely N-dealkylation sites (N-methyl/N-ethyl adjacent to an activating group) is 1. The number of carbonyl (C=O) groups is 1. The Labute approximate surface area is 160 Å². The van der Waals surface area contributed by atoms with Crippen LogP contribution in [0, 0.1) is 0 Å². The number of ether oxygens (including phenoxy) is 2. The van der Waals surface area contributed by atoms with Gasteiger partial charge in [-0.25, -0.2) is 0 Å². The predicted octanol–water partition coefficient (Wildman–Crippen LogP) is 3.45. The van der Waals surface area contributed by atoms with Gasteiger partial charge in [-0.05, 0) is 24.2 Å². The Bertz CT molecular complexity index is 765. The smallest absolute Gasteiger partial charge is 0.240 e. The van der Waals surface area contributed by atoms with Gasteiger partial charge < -0.3 is 14.0 Å². The third-order valence-corrected chi connectivity index (χ3v) is 4.21. The van der Waals surface area contributed by atoms with Crippen LogP contribution in [0.1, 0.15) is 39.0 Å². The van der Waals surface area contributed by atoms with Gasteiger partial charge in [0.05, 0.1) is 26.5 Å². The molecule has 2 rings (SSSR count). The van der Waals surface area contributed by atoms with E-state index in [1.165, 1.54) is 0 Å². The highest BCUT2D eigenvalue weighted by Gasteiger charge is 2.20. The van der Waals surface area contributed by atoms with E-state index in [1.807, 2.05) is 50.8 Å². The van der Waals surface area contributed by atoms with E-state index in [2.05, 4.69) is 10.5 Å². The van der Waals surface area contributed by atoms with Crippen molar-refractivity contribution in [2.75, 3.05) is 32.6 Å². The molecule has 0 saturated heterocycles. The number of aromatic nitrogens is 1. The second-order valence-electron chi connectivity index (χ2n) is 7.37. The summed E-state index contributed by atoms with van der Waals surface area (Å²) in [6.07, 6.45) is 0. The molecule has 148 valence electrons. The van der Waals surface area contributed by atoms with E-state index in [4.69, 9.17) is 14.0 Å². The maximum absolute atomic E-state index is 12.4. The van der Waals surface area contributed by atoms with Crippen molar-refractivity contribution in [3.8, 4) is 11.5 Å². The molecule has 1 N–H and O–H groups in total. The molecule has 0 spiro atoms. The average Bonchev–Trinajstić information content (AvgIpc) is 3.09. The van der Waals surface area contributed by atoms with Crippen molar-refractivity contribution < 1.29 is 18.8 Å². The minimum absolute atomic E-state index is 0.130. The van der Waals surface area contributed by atoms with Crippen molar-refractivity contribution in [3.63, 3.8) is 0 Å². The number of benzene rings is 1. The molecule has 0 aliphatic heterocycles. The molecule has 7 nitrogen and oxygen atoms in total. The summed E-state index contributed by atoms with van der Waals surface area (Å²) < 4.78 is 15.8. The van der Waals surface area contributed by atoms with Crippen LogP contribution in [0.25, 0.3) is 0 Å². The summed E-state index contributed by atoms with van der Waals surface area (Å²) >= 11 is 0. The van der Waals surface area contributed by atoms with E-state index >= 15 is 0 Å². The second-order valence-corrected chi connectivity index (χ2v) is 7.37. The topological polar surface area (TPSA) is 76.8 Å². The van der Waals surface area contributed by atoms with Crippen molar-refractivity contribution >= 4 is 11.8 Å². The number of rotatable bonds is 8. The second kappa shape index (κ2) is 8.90. The van der Waals surface area contributed by atoms with Crippen LogP contribution in [-0.2, 0) is 16.8 Å². The molecule has 0 atom stereocenters. The highest BCUT2D eigenvalue weighted by atomic mass is 16.5. The molecule has 1 aromatic heterocycles. The van der Waals surface area contributed by atoms with Gasteiger partial charge in [-0.3, -0.25) is 15.0 Å². The van der Waals surface area contributed by atoms with Crippen LogP contribution in [0.3, 0.4) is 0 Å². The molecule has 0 saturated carbocycles. The van der Waals surface area contributed by atoms with Gasteiger partial charge in [0.2, 0.25) is 11.8 Å². The summed E-state index contributed by atoms with van der Waals surface area (Å²) in [5.74, 6) is 1.58. The SMILES string of the molecule is CCN(CC(=O)Nc1cc(C(C)(C)C)no1)Cc1ccc(OC)c(OC)c1. The Kier molecular flexibility index (Phi) is 6.85. The van der Waals surface area contributed by atoms with Crippen LogP contribution in [0.2, 0.25) is 0 Å². The Hall–Kier alpha value is -2.54. The monoisotopic (exact) mass is 375 g/mol. The van der Waals surface area contributed by atoms with Gasteiger partial charge in [0.25, 0.3) is 0 Å². The summed E-state index contributed by atoms with van der Waals surface area (Å²) in [5.41, 5.74) is 1.71. The molecule has 0 radical (unpaired) electrons. The summed E-state index contributed by atoms with van der Waals surface area (Å²) in [7, 11) is 3.21. The summed E-state index contributed by atoms with van der Waals surface area (Å²) in [6, 6.07) is 7.52. The Balaban J connectivity index is 1.98. The number of hydrogen-bond donors (Lipinski definition) is 1. The number of nitrogens with zero attached hydrogens (tertiary/aromatic N) is 2. The summed E-state index contributed by atoms with van der Waals surface area (Å²) in [4.78, 5) is 14.4. The molecule has 1 aromatic carbocycles. The van der Waals surface area contributed by atoms with E-state index in [0.717, 1.165) is 17.8 Å². The Morgan fingerprint density at radius 1 is 1.19 bits per heavy atom. The standard InChI is InChI=1S/C20H29N3O4/c1-7-23(12-14-8-9-15(25-5)16(10-14)26-6)13-18(24)21-19-11-17(22-27-19)20(2,3)4/h8-11H,7,12-13H2,1-6H3,(H,21,24). The first-order chi connectivity index (χ1) is 12.8. The normalized spacial score (nSPS) is 11.5. The molecule has 0 aliphatic carbocycles.